The molecule has 0 saturated heterocycles. The molecule has 6 heteroatoms. The van der Waals surface area contributed by atoms with Crippen LogP contribution >= 0.6 is 11.6 Å². The molecule has 3 N–H and O–H groups in total. The quantitative estimate of drug-likeness (QED) is 0.629. The van der Waals surface area contributed by atoms with E-state index in [-0.39, 0.29) is 5.88 Å². The van der Waals surface area contributed by atoms with Crippen molar-refractivity contribution in [1.82, 2.24) is 9.97 Å². The lowest BCUT2D eigenvalue weighted by Gasteiger charge is -2.01. The number of halogens is 1. The predicted molar refractivity (Wildman–Crippen MR) is 92.4 cm³/mol. The highest BCUT2D eigenvalue weighted by Crippen LogP contribution is 2.40. The summed E-state index contributed by atoms with van der Waals surface area (Å²) in [6.45, 7) is 1.90. The summed E-state index contributed by atoms with van der Waals surface area (Å²) in [6.07, 6.45) is 5.82. The van der Waals surface area contributed by atoms with Crippen LogP contribution in [0.2, 0.25) is 5.02 Å². The Hall–Kier alpha value is -2.53. The van der Waals surface area contributed by atoms with Gasteiger partial charge in [0.05, 0.1) is 11.3 Å². The Morgan fingerprint density at radius 3 is 2.78 bits per heavy atom. The van der Waals surface area contributed by atoms with E-state index in [0.717, 1.165) is 39.9 Å². The van der Waals surface area contributed by atoms with Crippen molar-refractivity contribution in [2.75, 3.05) is 0 Å². The number of hydrogen-bond donors (Lipinski definition) is 3. The number of aromatic hydroxyl groups is 1. The first-order valence-electron chi connectivity index (χ1n) is 7.37. The number of nitrogens with one attached hydrogen (secondary N) is 2. The molecule has 23 heavy (non-hydrogen) atoms. The van der Waals surface area contributed by atoms with Gasteiger partial charge in [-0.25, -0.2) is 0 Å². The highest BCUT2D eigenvalue weighted by atomic mass is 35.5. The summed E-state index contributed by atoms with van der Waals surface area (Å²) in [5, 5.41) is 16.6. The molecule has 0 radical (unpaired) electrons. The summed E-state index contributed by atoms with van der Waals surface area (Å²) in [6, 6.07) is 3.66. The molecular formula is C17H14ClN3O2. The van der Waals surface area contributed by atoms with E-state index in [9.17, 15) is 10.0 Å². The van der Waals surface area contributed by atoms with E-state index in [0.29, 0.717) is 22.0 Å². The number of benzene rings is 1. The van der Waals surface area contributed by atoms with E-state index in [1.807, 2.05) is 25.1 Å². The van der Waals surface area contributed by atoms with Crippen LogP contribution in [0.3, 0.4) is 0 Å². The topological polar surface area (TPSA) is 81.2 Å². The maximum Gasteiger partial charge on any atom is 0.199 e. The van der Waals surface area contributed by atoms with Crippen LogP contribution in [0, 0.1) is 11.8 Å². The van der Waals surface area contributed by atoms with Gasteiger partial charge in [-0.1, -0.05) is 23.8 Å². The minimum Gasteiger partial charge on any atom is -0.494 e. The third-order valence-corrected chi connectivity index (χ3v) is 4.71. The Morgan fingerprint density at radius 2 is 2.00 bits per heavy atom. The molecule has 116 valence electrons. The first kappa shape index (κ1) is 14.1. The van der Waals surface area contributed by atoms with Gasteiger partial charge in [-0.3, -0.25) is 0 Å². The third-order valence-electron chi connectivity index (χ3n) is 4.30. The fraction of sp³-hybridized carbons (Fsp3) is 0.176. The van der Waals surface area contributed by atoms with Crippen molar-refractivity contribution >= 4 is 40.3 Å². The Morgan fingerprint density at radius 1 is 1.22 bits per heavy atom. The highest BCUT2D eigenvalue weighted by molar-refractivity contribution is 6.32. The first-order valence-corrected chi connectivity index (χ1v) is 7.75. The molecule has 2 heterocycles. The molecule has 0 unspecified atom stereocenters. The van der Waals surface area contributed by atoms with Gasteiger partial charge < -0.3 is 15.1 Å². The number of nitroso groups, excluding NO2 is 1. The Labute approximate surface area is 136 Å². The molecule has 2 aromatic heterocycles. The number of aromatic nitrogens is 2. The summed E-state index contributed by atoms with van der Waals surface area (Å²) in [5.41, 5.74) is 3.03. The summed E-state index contributed by atoms with van der Waals surface area (Å²) < 4.78 is 0. The minimum absolute atomic E-state index is 0.00911. The second-order valence-electron chi connectivity index (χ2n) is 5.75. The normalized spacial score (nSPS) is 13.5. The number of aryl methyl sites for hydroxylation is 1. The van der Waals surface area contributed by atoms with Crippen molar-refractivity contribution in [2.24, 2.45) is 5.18 Å². The van der Waals surface area contributed by atoms with Crippen molar-refractivity contribution in [3.63, 3.8) is 0 Å². The molecule has 1 aromatic carbocycles. The summed E-state index contributed by atoms with van der Waals surface area (Å²) in [5.74, 6) is -0.00911. The Kier molecular flexibility index (Phi) is 3.06. The van der Waals surface area contributed by atoms with Crippen LogP contribution in [0.1, 0.15) is 18.4 Å². The second-order valence-corrected chi connectivity index (χ2v) is 6.16. The second kappa shape index (κ2) is 4.99. The largest absolute Gasteiger partial charge is 0.494 e. The maximum atomic E-state index is 11.4. The van der Waals surface area contributed by atoms with E-state index >= 15 is 0 Å². The predicted octanol–water partition coefficient (Wildman–Crippen LogP) is 3.58. The molecular weight excluding hydrogens is 314 g/mol. The van der Waals surface area contributed by atoms with Gasteiger partial charge in [0.15, 0.2) is 5.88 Å². The molecule has 1 aliphatic rings. The molecule has 1 aliphatic carbocycles. The molecule has 0 aliphatic heterocycles. The Bertz CT molecular complexity index is 1080. The zero-order valence-electron chi connectivity index (χ0n) is 12.4. The number of nitrogens with zero attached hydrogens (tertiary/aromatic N) is 1. The van der Waals surface area contributed by atoms with Crippen LogP contribution in [0.5, 0.6) is 5.88 Å². The van der Waals surface area contributed by atoms with Gasteiger partial charge in [-0.2, -0.15) is 0 Å². The number of aromatic amines is 2. The summed E-state index contributed by atoms with van der Waals surface area (Å²) in [7, 11) is 0. The van der Waals surface area contributed by atoms with Crippen LogP contribution < -0.4 is 10.6 Å². The van der Waals surface area contributed by atoms with Gasteiger partial charge in [0.25, 0.3) is 0 Å². The molecule has 0 fully saturated rings. The van der Waals surface area contributed by atoms with Crippen molar-refractivity contribution in [1.29, 1.82) is 0 Å². The van der Waals surface area contributed by atoms with Gasteiger partial charge in [-0.15, -0.1) is 4.91 Å². The fourth-order valence-corrected chi connectivity index (χ4v) is 3.35. The van der Waals surface area contributed by atoms with Crippen LogP contribution in [-0.2, 0) is 0 Å². The number of H-pyrrole nitrogens is 2. The van der Waals surface area contributed by atoms with Crippen LogP contribution in [0.4, 0.5) is 5.69 Å². The smallest absolute Gasteiger partial charge is 0.199 e. The third kappa shape index (κ3) is 2.00. The van der Waals surface area contributed by atoms with Crippen molar-refractivity contribution in [2.45, 2.75) is 19.8 Å². The lowest BCUT2D eigenvalue weighted by Crippen LogP contribution is -2.24. The standard InChI is InChI=1S/C17H14ClN3O2/c1-8-6-13-10(7-11(8)18)14(17(22)20-13)16-15(21-23)9-4-2-3-5-12(9)19-16/h4-7,19-20,22H,2-3H2,1H3. The average Bonchev–Trinajstić information content (AvgIpc) is 3.04. The van der Waals surface area contributed by atoms with Gasteiger partial charge in [0, 0.05) is 26.5 Å². The van der Waals surface area contributed by atoms with E-state index in [4.69, 9.17) is 11.6 Å². The van der Waals surface area contributed by atoms with E-state index in [1.165, 1.54) is 0 Å². The fourth-order valence-electron chi connectivity index (χ4n) is 3.18. The zero-order chi connectivity index (χ0) is 16.1. The molecule has 0 saturated carbocycles. The monoisotopic (exact) mass is 327 g/mol. The van der Waals surface area contributed by atoms with E-state index in [2.05, 4.69) is 15.1 Å². The van der Waals surface area contributed by atoms with Crippen molar-refractivity contribution in [3.8, 4) is 17.1 Å². The van der Waals surface area contributed by atoms with Crippen LogP contribution in [0.25, 0.3) is 34.3 Å². The van der Waals surface area contributed by atoms with Crippen molar-refractivity contribution in [3.05, 3.63) is 38.2 Å². The maximum absolute atomic E-state index is 11.4. The zero-order valence-corrected chi connectivity index (χ0v) is 13.2. The van der Waals surface area contributed by atoms with Gasteiger partial charge in [-0.05, 0) is 42.6 Å². The van der Waals surface area contributed by atoms with Crippen molar-refractivity contribution < 1.29 is 5.11 Å². The molecule has 5 nitrogen and oxygen atoms in total. The van der Waals surface area contributed by atoms with Gasteiger partial charge in [0.1, 0.15) is 5.69 Å². The SMILES string of the molecule is Cc1cc2[nH]c(O)c(-c3[nH]c4c(c3N=O)=CCCC=4)c2cc1Cl. The molecule has 0 atom stereocenters. The molecule has 0 bridgehead atoms. The summed E-state index contributed by atoms with van der Waals surface area (Å²) in [4.78, 5) is 17.6. The molecule has 0 spiro atoms. The Balaban J connectivity index is 2.12. The van der Waals surface area contributed by atoms with Crippen LogP contribution in [0.15, 0.2) is 17.3 Å². The van der Waals surface area contributed by atoms with Gasteiger partial charge >= 0.3 is 0 Å². The minimum atomic E-state index is -0.00911. The lowest BCUT2D eigenvalue weighted by atomic mass is 10.1. The first-order chi connectivity index (χ1) is 11.1. The highest BCUT2D eigenvalue weighted by Gasteiger charge is 2.21. The van der Waals surface area contributed by atoms with Crippen LogP contribution in [-0.4, -0.2) is 15.1 Å². The average molecular weight is 328 g/mol. The number of hydrogen-bond acceptors (Lipinski definition) is 3. The van der Waals surface area contributed by atoms with E-state index in [1.54, 1.807) is 6.07 Å². The summed E-state index contributed by atoms with van der Waals surface area (Å²) >= 11 is 6.23. The number of rotatable bonds is 2. The molecule has 0 amide bonds. The molecule has 4 rings (SSSR count). The lowest BCUT2D eigenvalue weighted by molar-refractivity contribution is 0.460. The molecule has 3 aromatic rings. The van der Waals surface area contributed by atoms with Gasteiger partial charge in [0.2, 0.25) is 0 Å². The van der Waals surface area contributed by atoms with E-state index < -0.39 is 0 Å². The number of fused-ring (bicyclic) bond motifs is 2.